The van der Waals surface area contributed by atoms with Crippen LogP contribution in [0.25, 0.3) is 0 Å². The van der Waals surface area contributed by atoms with E-state index in [4.69, 9.17) is 4.74 Å². The Morgan fingerprint density at radius 3 is 2.30 bits per heavy atom. The van der Waals surface area contributed by atoms with E-state index < -0.39 is 21.7 Å². The Labute approximate surface area is 193 Å². The second kappa shape index (κ2) is 9.91. The van der Waals surface area contributed by atoms with Crippen LogP contribution in [-0.4, -0.2) is 34.5 Å². The van der Waals surface area contributed by atoms with Gasteiger partial charge in [0.15, 0.2) is 0 Å². The molecule has 0 unspecified atom stereocenters. The van der Waals surface area contributed by atoms with Gasteiger partial charge in [-0.25, -0.2) is 12.8 Å². The first-order valence-corrected chi connectivity index (χ1v) is 11.7. The van der Waals surface area contributed by atoms with E-state index in [0.29, 0.717) is 22.8 Å². The summed E-state index contributed by atoms with van der Waals surface area (Å²) in [5.74, 6) is -0.552. The molecular formula is C24H26FN3O4S. The first kappa shape index (κ1) is 24.1. The number of hydrogen-bond acceptors (Lipinski definition) is 5. The average Bonchev–Trinajstić information content (AvgIpc) is 2.79. The van der Waals surface area contributed by atoms with E-state index >= 15 is 0 Å². The number of benzene rings is 3. The number of carbonyl (C=O) groups excluding carboxylic acids is 1. The van der Waals surface area contributed by atoms with Gasteiger partial charge in [0.05, 0.1) is 23.4 Å². The number of anilines is 3. The third-order valence-corrected chi connectivity index (χ3v) is 6.52. The number of hydrogen-bond donors (Lipinski definition) is 2. The summed E-state index contributed by atoms with van der Waals surface area (Å²) in [6, 6.07) is 16.7. The molecule has 9 heteroatoms. The van der Waals surface area contributed by atoms with Gasteiger partial charge < -0.3 is 15.0 Å². The number of ether oxygens (including phenoxy) is 1. The molecule has 1 amide bonds. The fourth-order valence-corrected chi connectivity index (χ4v) is 4.14. The minimum atomic E-state index is -3.89. The average molecular weight is 472 g/mol. The molecule has 0 aromatic heterocycles. The number of sulfonamides is 1. The number of para-hydroxylation sites is 2. The molecule has 0 spiro atoms. The van der Waals surface area contributed by atoms with E-state index in [2.05, 4.69) is 10.0 Å². The Morgan fingerprint density at radius 2 is 1.70 bits per heavy atom. The summed E-state index contributed by atoms with van der Waals surface area (Å²) in [5.41, 5.74) is 1.26. The minimum absolute atomic E-state index is 0.0166. The largest absolute Gasteiger partial charge is 0.495 e. The predicted octanol–water partition coefficient (Wildman–Crippen LogP) is 4.73. The summed E-state index contributed by atoms with van der Waals surface area (Å²) in [4.78, 5) is 14.3. The Morgan fingerprint density at radius 1 is 1.03 bits per heavy atom. The van der Waals surface area contributed by atoms with E-state index in [0.717, 1.165) is 0 Å². The Kier molecular flexibility index (Phi) is 7.23. The van der Waals surface area contributed by atoms with E-state index in [1.807, 2.05) is 13.8 Å². The molecule has 7 nitrogen and oxygen atoms in total. The smallest absolute Gasteiger partial charge is 0.262 e. The van der Waals surface area contributed by atoms with Crippen molar-refractivity contribution in [2.45, 2.75) is 24.8 Å². The topological polar surface area (TPSA) is 87.7 Å². The van der Waals surface area contributed by atoms with Crippen LogP contribution in [-0.2, 0) is 10.0 Å². The van der Waals surface area contributed by atoms with Gasteiger partial charge in [0, 0.05) is 24.3 Å². The lowest BCUT2D eigenvalue weighted by atomic mass is 10.2. The van der Waals surface area contributed by atoms with Gasteiger partial charge in [0.25, 0.3) is 15.9 Å². The van der Waals surface area contributed by atoms with Crippen molar-refractivity contribution in [1.82, 2.24) is 0 Å². The van der Waals surface area contributed by atoms with E-state index in [1.165, 1.54) is 37.4 Å². The lowest BCUT2D eigenvalue weighted by Crippen LogP contribution is -2.26. The first-order chi connectivity index (χ1) is 15.6. The van der Waals surface area contributed by atoms with Gasteiger partial charge in [-0.15, -0.1) is 0 Å². The van der Waals surface area contributed by atoms with Crippen LogP contribution in [0.4, 0.5) is 21.5 Å². The van der Waals surface area contributed by atoms with Crippen LogP contribution in [0.1, 0.15) is 24.2 Å². The lowest BCUT2D eigenvalue weighted by Gasteiger charge is -2.24. The fraction of sp³-hybridized carbons (Fsp3) is 0.208. The van der Waals surface area contributed by atoms with Crippen LogP contribution in [0.2, 0.25) is 0 Å². The van der Waals surface area contributed by atoms with E-state index in [1.54, 1.807) is 48.3 Å². The summed E-state index contributed by atoms with van der Waals surface area (Å²) < 4.78 is 47.5. The van der Waals surface area contributed by atoms with Crippen LogP contribution < -0.4 is 19.7 Å². The number of nitrogens with one attached hydrogen (secondary N) is 2. The molecule has 0 saturated heterocycles. The number of carbonyl (C=O) groups is 1. The van der Waals surface area contributed by atoms with Crippen LogP contribution in [0.3, 0.4) is 0 Å². The van der Waals surface area contributed by atoms with Crippen molar-refractivity contribution in [3.8, 4) is 5.75 Å². The summed E-state index contributed by atoms with van der Waals surface area (Å²) in [5, 5.41) is 2.63. The molecule has 0 aliphatic heterocycles. The van der Waals surface area contributed by atoms with Crippen molar-refractivity contribution in [3.05, 3.63) is 78.1 Å². The molecule has 0 heterocycles. The maximum Gasteiger partial charge on any atom is 0.262 e. The molecule has 174 valence electrons. The zero-order valence-electron chi connectivity index (χ0n) is 18.8. The third-order valence-electron chi connectivity index (χ3n) is 5.14. The normalized spacial score (nSPS) is 11.2. The Balaban J connectivity index is 1.73. The number of amides is 1. The zero-order chi connectivity index (χ0) is 24.2. The Hall–Kier alpha value is -3.59. The highest BCUT2D eigenvalue weighted by Crippen LogP contribution is 2.27. The van der Waals surface area contributed by atoms with Crippen LogP contribution >= 0.6 is 0 Å². The summed E-state index contributed by atoms with van der Waals surface area (Å²) in [6.45, 7) is 3.90. The molecular weight excluding hydrogens is 445 g/mol. The fourth-order valence-electron chi connectivity index (χ4n) is 3.07. The number of nitrogens with zero attached hydrogens (tertiary/aromatic N) is 1. The summed E-state index contributed by atoms with van der Waals surface area (Å²) in [6.07, 6.45) is 0. The van der Waals surface area contributed by atoms with Crippen molar-refractivity contribution < 1.29 is 22.3 Å². The number of methoxy groups -OCH3 is 1. The van der Waals surface area contributed by atoms with Crippen LogP contribution in [0.5, 0.6) is 5.75 Å². The quantitative estimate of drug-likeness (QED) is 0.496. The van der Waals surface area contributed by atoms with Crippen LogP contribution in [0.15, 0.2) is 71.6 Å². The van der Waals surface area contributed by atoms with Gasteiger partial charge in [-0.3, -0.25) is 9.52 Å². The summed E-state index contributed by atoms with van der Waals surface area (Å²) in [7, 11) is -0.651. The number of halogens is 1. The second-order valence-corrected chi connectivity index (χ2v) is 9.34. The monoisotopic (exact) mass is 471 g/mol. The molecule has 3 rings (SSSR count). The highest BCUT2D eigenvalue weighted by molar-refractivity contribution is 7.92. The summed E-state index contributed by atoms with van der Waals surface area (Å²) >= 11 is 0. The molecule has 0 aliphatic carbocycles. The lowest BCUT2D eigenvalue weighted by molar-refractivity contribution is 0.102. The van der Waals surface area contributed by atoms with Crippen LogP contribution in [0, 0.1) is 5.82 Å². The zero-order valence-corrected chi connectivity index (χ0v) is 19.6. The SMILES string of the molecule is COc1ccccc1NS(=O)(=O)c1ccc(C(=O)Nc2ccc(N(C)C(C)C)c(F)c2)cc1. The van der Waals surface area contributed by atoms with E-state index in [9.17, 15) is 17.6 Å². The molecule has 3 aromatic carbocycles. The number of rotatable bonds is 8. The maximum atomic E-state index is 14.5. The van der Waals surface area contributed by atoms with Gasteiger partial charge in [-0.1, -0.05) is 12.1 Å². The molecule has 0 atom stereocenters. The molecule has 33 heavy (non-hydrogen) atoms. The van der Waals surface area contributed by atoms with Gasteiger partial charge in [0.1, 0.15) is 11.6 Å². The van der Waals surface area contributed by atoms with Crippen molar-refractivity contribution >= 4 is 33.0 Å². The van der Waals surface area contributed by atoms with Gasteiger partial charge in [0.2, 0.25) is 0 Å². The van der Waals surface area contributed by atoms with Gasteiger partial charge >= 0.3 is 0 Å². The van der Waals surface area contributed by atoms with Crippen molar-refractivity contribution in [3.63, 3.8) is 0 Å². The maximum absolute atomic E-state index is 14.5. The molecule has 0 radical (unpaired) electrons. The highest BCUT2D eigenvalue weighted by Gasteiger charge is 2.18. The third kappa shape index (κ3) is 5.61. The molecule has 0 saturated carbocycles. The Bertz CT molecular complexity index is 1240. The van der Waals surface area contributed by atoms with Crippen molar-refractivity contribution in [2.24, 2.45) is 0 Å². The molecule has 3 aromatic rings. The van der Waals surface area contributed by atoms with Gasteiger partial charge in [-0.05, 0) is 68.4 Å². The predicted molar refractivity (Wildman–Crippen MR) is 128 cm³/mol. The molecule has 2 N–H and O–H groups in total. The van der Waals surface area contributed by atoms with Crippen molar-refractivity contribution in [2.75, 3.05) is 29.1 Å². The van der Waals surface area contributed by atoms with Crippen molar-refractivity contribution in [1.29, 1.82) is 0 Å². The molecule has 0 aliphatic rings. The standard InChI is InChI=1S/C24H26FN3O4S/c1-16(2)28(3)22-14-11-18(15-20(22)25)26-24(29)17-9-12-19(13-10-17)33(30,31)27-21-7-5-6-8-23(21)32-4/h5-16,27H,1-4H3,(H,26,29). The molecule has 0 fully saturated rings. The van der Waals surface area contributed by atoms with Gasteiger partial charge in [-0.2, -0.15) is 0 Å². The van der Waals surface area contributed by atoms with E-state index in [-0.39, 0.29) is 16.5 Å². The first-order valence-electron chi connectivity index (χ1n) is 10.2. The second-order valence-electron chi connectivity index (χ2n) is 7.66. The highest BCUT2D eigenvalue weighted by atomic mass is 32.2. The minimum Gasteiger partial charge on any atom is -0.495 e. The molecule has 0 bridgehead atoms.